The van der Waals surface area contributed by atoms with Crippen molar-refractivity contribution in [1.82, 2.24) is 0 Å². The number of rotatable bonds is 4. The number of carboxylic acids is 1. The molecule has 2 saturated carbocycles. The third kappa shape index (κ3) is 2.57. The Morgan fingerprint density at radius 2 is 1.95 bits per heavy atom. The summed E-state index contributed by atoms with van der Waals surface area (Å²) in [4.78, 5) is 23.4. The summed E-state index contributed by atoms with van der Waals surface area (Å²) in [5.41, 5.74) is 5.31. The van der Waals surface area contributed by atoms with Crippen LogP contribution in [0.15, 0.2) is 18.2 Å². The first-order valence-corrected chi connectivity index (χ1v) is 7.72. The van der Waals surface area contributed by atoms with E-state index in [1.807, 2.05) is 0 Å². The molecular formula is C15H15Cl2NO4. The number of carbonyl (C=O) groups excluding carboxylic acids is 1. The van der Waals surface area contributed by atoms with Crippen LogP contribution >= 0.6 is 23.2 Å². The summed E-state index contributed by atoms with van der Waals surface area (Å²) >= 11 is 11.8. The van der Waals surface area contributed by atoms with Gasteiger partial charge in [-0.3, -0.25) is 9.59 Å². The summed E-state index contributed by atoms with van der Waals surface area (Å²) in [5.74, 6) is -2.15. The third-order valence-electron chi connectivity index (χ3n) is 4.63. The summed E-state index contributed by atoms with van der Waals surface area (Å²) < 4.78 is 5.27. The van der Waals surface area contributed by atoms with Crippen LogP contribution in [0.4, 0.5) is 0 Å². The molecule has 3 N–H and O–H groups in total. The summed E-state index contributed by atoms with van der Waals surface area (Å²) in [5, 5.41) is 10.2. The van der Waals surface area contributed by atoms with Gasteiger partial charge in [0.1, 0.15) is 12.1 Å². The summed E-state index contributed by atoms with van der Waals surface area (Å²) in [6.07, 6.45) is 1.06. The molecule has 3 rings (SSSR count). The molecule has 0 amide bonds. The number of halogens is 2. The van der Waals surface area contributed by atoms with Crippen LogP contribution in [0.2, 0.25) is 10.0 Å². The van der Waals surface area contributed by atoms with Gasteiger partial charge in [0.2, 0.25) is 0 Å². The maximum absolute atomic E-state index is 12.1. The minimum absolute atomic E-state index is 0.0246. The van der Waals surface area contributed by atoms with Gasteiger partial charge in [-0.05, 0) is 42.5 Å². The first-order chi connectivity index (χ1) is 10.3. The average molecular weight is 344 g/mol. The lowest BCUT2D eigenvalue weighted by Crippen LogP contribution is -2.49. The Hall–Kier alpha value is -1.30. The largest absolute Gasteiger partial charge is 0.480 e. The number of carboxylic acid groups (broad SMARTS) is 1. The van der Waals surface area contributed by atoms with Crippen molar-refractivity contribution in [3.05, 3.63) is 33.8 Å². The second-order valence-electron chi connectivity index (χ2n) is 5.99. The summed E-state index contributed by atoms with van der Waals surface area (Å²) in [6.45, 7) is 0.0553. The van der Waals surface area contributed by atoms with E-state index >= 15 is 0 Å². The standard InChI is InChI=1S/C15H15Cl2NO4/c16-8-3-7(4-9(17)5-8)6-22-13(19)11-10-1-2-15(18,12(10)11)14(20)21/h3-5,10-12H,1-2,6,18H2,(H,20,21)/t10-,11-,12-,15-/m0/s1. The van der Waals surface area contributed by atoms with Gasteiger partial charge in [0, 0.05) is 16.0 Å². The first kappa shape index (κ1) is 15.6. The number of hydrogen-bond acceptors (Lipinski definition) is 4. The Kier molecular flexibility index (Phi) is 3.83. The molecule has 0 spiro atoms. The maximum atomic E-state index is 12.1. The quantitative estimate of drug-likeness (QED) is 0.819. The van der Waals surface area contributed by atoms with Crippen LogP contribution in [-0.4, -0.2) is 22.6 Å². The van der Waals surface area contributed by atoms with Crippen LogP contribution in [0, 0.1) is 17.8 Å². The van der Waals surface area contributed by atoms with E-state index in [9.17, 15) is 14.7 Å². The zero-order chi connectivity index (χ0) is 16.1. The van der Waals surface area contributed by atoms with Crippen molar-refractivity contribution in [2.75, 3.05) is 0 Å². The van der Waals surface area contributed by atoms with Gasteiger partial charge in [-0.1, -0.05) is 23.2 Å². The predicted molar refractivity (Wildman–Crippen MR) is 80.5 cm³/mol. The Bertz CT molecular complexity index is 630. The van der Waals surface area contributed by atoms with Gasteiger partial charge in [-0.15, -0.1) is 0 Å². The molecule has 5 nitrogen and oxygen atoms in total. The van der Waals surface area contributed by atoms with Crippen molar-refractivity contribution >= 4 is 35.1 Å². The fourth-order valence-corrected chi connectivity index (χ4v) is 4.09. The van der Waals surface area contributed by atoms with Crippen LogP contribution < -0.4 is 5.73 Å². The molecule has 0 bridgehead atoms. The molecule has 1 aromatic rings. The molecule has 0 aliphatic heterocycles. The van der Waals surface area contributed by atoms with E-state index < -0.39 is 23.4 Å². The number of esters is 1. The number of hydrogen-bond donors (Lipinski definition) is 2. The number of ether oxygens (including phenoxy) is 1. The highest BCUT2D eigenvalue weighted by Crippen LogP contribution is 2.61. The lowest BCUT2D eigenvalue weighted by Gasteiger charge is -2.21. The number of fused-ring (bicyclic) bond motifs is 1. The van der Waals surface area contributed by atoms with Gasteiger partial charge in [0.25, 0.3) is 0 Å². The zero-order valence-electron chi connectivity index (χ0n) is 11.6. The molecule has 7 heteroatoms. The monoisotopic (exact) mass is 343 g/mol. The molecule has 2 fully saturated rings. The highest BCUT2D eigenvalue weighted by Gasteiger charge is 2.70. The van der Waals surface area contributed by atoms with Crippen LogP contribution in [-0.2, 0) is 20.9 Å². The first-order valence-electron chi connectivity index (χ1n) is 6.97. The van der Waals surface area contributed by atoms with E-state index in [1.54, 1.807) is 18.2 Å². The van der Waals surface area contributed by atoms with Crippen molar-refractivity contribution in [3.63, 3.8) is 0 Å². The van der Waals surface area contributed by atoms with E-state index in [2.05, 4.69) is 0 Å². The smallest absolute Gasteiger partial charge is 0.324 e. The Balaban J connectivity index is 1.62. The minimum Gasteiger partial charge on any atom is -0.480 e. The fourth-order valence-electron chi connectivity index (χ4n) is 3.52. The van der Waals surface area contributed by atoms with E-state index in [1.165, 1.54) is 0 Å². The normalized spacial score (nSPS) is 32.4. The molecular weight excluding hydrogens is 329 g/mol. The minimum atomic E-state index is -1.30. The molecule has 0 heterocycles. The average Bonchev–Trinajstić information content (AvgIpc) is 3.06. The second-order valence-corrected chi connectivity index (χ2v) is 6.86. The van der Waals surface area contributed by atoms with E-state index in [-0.39, 0.29) is 18.4 Å². The highest BCUT2D eigenvalue weighted by molar-refractivity contribution is 6.34. The third-order valence-corrected chi connectivity index (χ3v) is 5.06. The van der Waals surface area contributed by atoms with Crippen molar-refractivity contribution < 1.29 is 19.4 Å². The van der Waals surface area contributed by atoms with Gasteiger partial charge in [-0.25, -0.2) is 0 Å². The molecule has 0 radical (unpaired) electrons. The maximum Gasteiger partial charge on any atom is 0.324 e. The lowest BCUT2D eigenvalue weighted by molar-refractivity contribution is -0.149. The zero-order valence-corrected chi connectivity index (χ0v) is 13.1. The van der Waals surface area contributed by atoms with Gasteiger partial charge >= 0.3 is 11.9 Å². The number of benzene rings is 1. The number of nitrogens with two attached hydrogens (primary N) is 1. The van der Waals surface area contributed by atoms with Crippen LogP contribution in [0.25, 0.3) is 0 Å². The molecule has 0 unspecified atom stereocenters. The van der Waals surface area contributed by atoms with E-state index in [4.69, 9.17) is 33.7 Å². The molecule has 2 aliphatic rings. The van der Waals surface area contributed by atoms with E-state index in [0.29, 0.717) is 28.5 Å². The van der Waals surface area contributed by atoms with Crippen molar-refractivity contribution in [2.45, 2.75) is 25.0 Å². The van der Waals surface area contributed by atoms with Gasteiger partial charge in [-0.2, -0.15) is 0 Å². The SMILES string of the molecule is N[C@@]1(C(=O)O)CC[C@H]2[C@H](C(=O)OCc3cc(Cl)cc(Cl)c3)[C@H]21. The molecule has 0 saturated heterocycles. The molecule has 4 atom stereocenters. The number of aliphatic carboxylic acids is 1. The van der Waals surface area contributed by atoms with Crippen LogP contribution in [0.5, 0.6) is 0 Å². The van der Waals surface area contributed by atoms with Crippen LogP contribution in [0.1, 0.15) is 18.4 Å². The predicted octanol–water partition coefficient (Wildman–Crippen LogP) is 2.47. The summed E-state index contributed by atoms with van der Waals surface area (Å²) in [7, 11) is 0. The Morgan fingerprint density at radius 1 is 1.32 bits per heavy atom. The molecule has 22 heavy (non-hydrogen) atoms. The fraction of sp³-hybridized carbons (Fsp3) is 0.467. The second kappa shape index (κ2) is 5.41. The van der Waals surface area contributed by atoms with Gasteiger partial charge < -0.3 is 15.6 Å². The lowest BCUT2D eigenvalue weighted by atomic mass is 9.92. The van der Waals surface area contributed by atoms with Gasteiger partial charge in [0.15, 0.2) is 0 Å². The Labute approximate surface area is 137 Å². The molecule has 0 aromatic heterocycles. The topological polar surface area (TPSA) is 89.6 Å². The molecule has 1 aromatic carbocycles. The van der Waals surface area contributed by atoms with E-state index in [0.717, 1.165) is 0 Å². The number of carbonyl (C=O) groups is 2. The van der Waals surface area contributed by atoms with Gasteiger partial charge in [0.05, 0.1) is 5.92 Å². The summed E-state index contributed by atoms with van der Waals surface area (Å²) in [6, 6.07) is 4.92. The molecule has 118 valence electrons. The van der Waals surface area contributed by atoms with Crippen molar-refractivity contribution in [2.24, 2.45) is 23.5 Å². The van der Waals surface area contributed by atoms with Crippen molar-refractivity contribution in [3.8, 4) is 0 Å². The van der Waals surface area contributed by atoms with Crippen molar-refractivity contribution in [1.29, 1.82) is 0 Å². The highest BCUT2D eigenvalue weighted by atomic mass is 35.5. The molecule has 2 aliphatic carbocycles. The Morgan fingerprint density at radius 3 is 2.55 bits per heavy atom. The van der Waals surface area contributed by atoms with Crippen LogP contribution in [0.3, 0.4) is 0 Å².